The topological polar surface area (TPSA) is 37.4 Å². The van der Waals surface area contributed by atoms with E-state index < -0.39 is 18.8 Å². The minimum atomic E-state index is -2.73. The van der Waals surface area contributed by atoms with Gasteiger partial charge in [0.2, 0.25) is 18.7 Å². The molecule has 1 aromatic rings. The Morgan fingerprint density at radius 3 is 2.44 bits per heavy atom. The molecule has 0 atom stereocenters. The van der Waals surface area contributed by atoms with Crippen LogP contribution in [-0.4, -0.2) is 23.6 Å². The lowest BCUT2D eigenvalue weighted by atomic mass is 10.2. The van der Waals surface area contributed by atoms with E-state index >= 15 is 0 Å². The van der Waals surface area contributed by atoms with Crippen LogP contribution in [0.3, 0.4) is 0 Å². The summed E-state index contributed by atoms with van der Waals surface area (Å²) in [6.45, 7) is 0.0237. The number of carbonyl (C=O) groups is 2. The number of hydrogen-bond acceptors (Lipinski definition) is 2. The van der Waals surface area contributed by atoms with Crippen LogP contribution in [0, 0.1) is 0 Å². The molecule has 0 unspecified atom stereocenters. The summed E-state index contributed by atoms with van der Waals surface area (Å²) >= 11 is 0. The van der Waals surface area contributed by atoms with Crippen LogP contribution in [0.15, 0.2) is 30.3 Å². The van der Waals surface area contributed by atoms with Crippen molar-refractivity contribution in [3.05, 3.63) is 35.9 Å². The Kier molecular flexibility index (Phi) is 4.57. The second-order valence-corrected chi connectivity index (χ2v) is 3.21. The Labute approximate surface area is 91.7 Å². The highest BCUT2D eigenvalue weighted by Gasteiger charge is 2.17. The lowest BCUT2D eigenvalue weighted by Crippen LogP contribution is -2.30. The van der Waals surface area contributed by atoms with Crippen LogP contribution >= 0.6 is 0 Å². The minimum Gasteiger partial charge on any atom is -0.281 e. The first-order chi connectivity index (χ1) is 7.63. The van der Waals surface area contributed by atoms with Gasteiger partial charge < -0.3 is 0 Å². The van der Waals surface area contributed by atoms with Gasteiger partial charge in [0.15, 0.2) is 0 Å². The largest absolute Gasteiger partial charge is 0.281 e. The molecule has 16 heavy (non-hydrogen) atoms. The number of imide groups is 1. The van der Waals surface area contributed by atoms with Crippen molar-refractivity contribution in [1.29, 1.82) is 0 Å². The number of hydrogen-bond donors (Lipinski definition) is 0. The van der Waals surface area contributed by atoms with E-state index in [1.165, 1.54) is 0 Å². The second kappa shape index (κ2) is 5.95. The number of amides is 2. The molecule has 0 fully saturated rings. The number of rotatable bonds is 5. The highest BCUT2D eigenvalue weighted by atomic mass is 19.3. The summed E-state index contributed by atoms with van der Waals surface area (Å²) in [5, 5.41) is 0. The van der Waals surface area contributed by atoms with Gasteiger partial charge >= 0.3 is 0 Å². The number of nitrogens with zero attached hydrogens (tertiary/aromatic N) is 1. The van der Waals surface area contributed by atoms with E-state index in [1.54, 1.807) is 30.3 Å². The summed E-state index contributed by atoms with van der Waals surface area (Å²) in [5.41, 5.74) is 0.720. The van der Waals surface area contributed by atoms with E-state index in [9.17, 15) is 18.4 Å². The normalized spacial score (nSPS) is 10.2. The third-order valence-electron chi connectivity index (χ3n) is 1.97. The molecule has 1 rings (SSSR count). The van der Waals surface area contributed by atoms with Gasteiger partial charge in [-0.1, -0.05) is 30.3 Å². The summed E-state index contributed by atoms with van der Waals surface area (Å²) in [6.07, 6.45) is -3.38. The average molecular weight is 227 g/mol. The van der Waals surface area contributed by atoms with Crippen LogP contribution in [0.4, 0.5) is 8.78 Å². The number of benzene rings is 1. The van der Waals surface area contributed by atoms with E-state index in [2.05, 4.69) is 0 Å². The maximum absolute atomic E-state index is 12.0. The zero-order valence-corrected chi connectivity index (χ0v) is 8.48. The SMILES string of the molecule is O=CN(Cc1ccccc1)C(=O)CC(F)F. The fourth-order valence-corrected chi connectivity index (χ4v) is 1.21. The number of alkyl halides is 2. The van der Waals surface area contributed by atoms with Gasteiger partial charge in [0.1, 0.15) is 0 Å². The van der Waals surface area contributed by atoms with Gasteiger partial charge in [-0.2, -0.15) is 0 Å². The summed E-state index contributed by atoms with van der Waals surface area (Å²) in [6, 6.07) is 8.71. The average Bonchev–Trinajstić information content (AvgIpc) is 2.26. The molecule has 0 heterocycles. The first kappa shape index (κ1) is 12.3. The Morgan fingerprint density at radius 2 is 1.94 bits per heavy atom. The molecule has 0 spiro atoms. The molecule has 86 valence electrons. The fraction of sp³-hybridized carbons (Fsp3) is 0.273. The Hall–Kier alpha value is -1.78. The molecule has 5 heteroatoms. The van der Waals surface area contributed by atoms with Gasteiger partial charge in [-0.15, -0.1) is 0 Å². The standard InChI is InChI=1S/C11H11F2NO2/c12-10(13)6-11(16)14(8-15)7-9-4-2-1-3-5-9/h1-5,8,10H,6-7H2. The van der Waals surface area contributed by atoms with Crippen molar-refractivity contribution in [3.8, 4) is 0 Å². The molecular weight excluding hydrogens is 216 g/mol. The number of halogens is 2. The van der Waals surface area contributed by atoms with E-state index in [1.807, 2.05) is 0 Å². The molecule has 2 amide bonds. The predicted octanol–water partition coefficient (Wildman–Crippen LogP) is 1.83. The van der Waals surface area contributed by atoms with Crippen LogP contribution < -0.4 is 0 Å². The highest BCUT2D eigenvalue weighted by Crippen LogP contribution is 2.07. The van der Waals surface area contributed by atoms with Gasteiger partial charge in [-0.05, 0) is 5.56 Å². The van der Waals surface area contributed by atoms with Crippen molar-refractivity contribution in [3.63, 3.8) is 0 Å². The third kappa shape index (κ3) is 3.76. The van der Waals surface area contributed by atoms with E-state index in [-0.39, 0.29) is 13.0 Å². The molecule has 0 saturated carbocycles. The van der Waals surface area contributed by atoms with Crippen molar-refractivity contribution >= 4 is 12.3 Å². The van der Waals surface area contributed by atoms with E-state index in [0.717, 1.165) is 10.5 Å². The van der Waals surface area contributed by atoms with Crippen LogP contribution in [0.2, 0.25) is 0 Å². The Balaban J connectivity index is 2.62. The van der Waals surface area contributed by atoms with Crippen molar-refractivity contribution in [2.45, 2.75) is 19.4 Å². The molecular formula is C11H11F2NO2. The van der Waals surface area contributed by atoms with E-state index in [4.69, 9.17) is 0 Å². The maximum atomic E-state index is 12.0. The van der Waals surface area contributed by atoms with Gasteiger partial charge in [-0.3, -0.25) is 14.5 Å². The second-order valence-electron chi connectivity index (χ2n) is 3.21. The summed E-state index contributed by atoms with van der Waals surface area (Å²) < 4.78 is 23.9. The zero-order valence-electron chi connectivity index (χ0n) is 8.48. The molecule has 1 aromatic carbocycles. The molecule has 0 aromatic heterocycles. The van der Waals surface area contributed by atoms with E-state index in [0.29, 0.717) is 0 Å². The highest BCUT2D eigenvalue weighted by molar-refractivity contribution is 5.86. The first-order valence-corrected chi connectivity index (χ1v) is 4.70. The van der Waals surface area contributed by atoms with Crippen LogP contribution in [0.1, 0.15) is 12.0 Å². The summed E-state index contributed by atoms with van der Waals surface area (Å²) in [7, 11) is 0. The summed E-state index contributed by atoms with van der Waals surface area (Å²) in [5.74, 6) is -0.867. The monoisotopic (exact) mass is 227 g/mol. The lowest BCUT2D eigenvalue weighted by Gasteiger charge is -2.15. The summed E-state index contributed by atoms with van der Waals surface area (Å²) in [4.78, 5) is 22.5. The van der Waals surface area contributed by atoms with Crippen molar-refractivity contribution in [2.75, 3.05) is 0 Å². The quantitative estimate of drug-likeness (QED) is 0.719. The van der Waals surface area contributed by atoms with Crippen LogP contribution in [-0.2, 0) is 16.1 Å². The first-order valence-electron chi connectivity index (χ1n) is 4.70. The lowest BCUT2D eigenvalue weighted by molar-refractivity contribution is -0.140. The predicted molar refractivity (Wildman–Crippen MR) is 53.7 cm³/mol. The van der Waals surface area contributed by atoms with Crippen molar-refractivity contribution in [2.24, 2.45) is 0 Å². The van der Waals surface area contributed by atoms with Gasteiger partial charge in [0, 0.05) is 0 Å². The number of carbonyl (C=O) groups excluding carboxylic acids is 2. The minimum absolute atomic E-state index is 0.0237. The fourth-order valence-electron chi connectivity index (χ4n) is 1.21. The maximum Gasteiger partial charge on any atom is 0.247 e. The van der Waals surface area contributed by atoms with Crippen molar-refractivity contribution < 1.29 is 18.4 Å². The molecule has 0 aliphatic heterocycles. The molecule has 0 aliphatic rings. The molecule has 0 radical (unpaired) electrons. The Morgan fingerprint density at radius 1 is 1.31 bits per heavy atom. The molecule has 0 aliphatic carbocycles. The van der Waals surface area contributed by atoms with Crippen LogP contribution in [0.25, 0.3) is 0 Å². The molecule has 3 nitrogen and oxygen atoms in total. The smallest absolute Gasteiger partial charge is 0.247 e. The van der Waals surface area contributed by atoms with Crippen molar-refractivity contribution in [1.82, 2.24) is 4.90 Å². The Bertz CT molecular complexity index is 354. The van der Waals surface area contributed by atoms with Gasteiger partial charge in [0.25, 0.3) is 0 Å². The molecule has 0 bridgehead atoms. The molecule has 0 N–H and O–H groups in total. The molecule has 0 saturated heterocycles. The third-order valence-corrected chi connectivity index (χ3v) is 1.97. The van der Waals surface area contributed by atoms with Crippen LogP contribution in [0.5, 0.6) is 0 Å². The van der Waals surface area contributed by atoms with Gasteiger partial charge in [0.05, 0.1) is 13.0 Å². The zero-order chi connectivity index (χ0) is 12.0. The van der Waals surface area contributed by atoms with Gasteiger partial charge in [-0.25, -0.2) is 8.78 Å².